The second kappa shape index (κ2) is 8.00. The van der Waals surface area contributed by atoms with Crippen molar-refractivity contribution in [1.29, 1.82) is 0 Å². The highest BCUT2D eigenvalue weighted by molar-refractivity contribution is 7.10. The van der Waals surface area contributed by atoms with Crippen molar-refractivity contribution in [3.05, 3.63) is 21.9 Å². The molecule has 0 amide bonds. The summed E-state index contributed by atoms with van der Waals surface area (Å²) in [6.45, 7) is 13.7. The molecule has 3 nitrogen and oxygen atoms in total. The third-order valence-corrected chi connectivity index (χ3v) is 5.01. The van der Waals surface area contributed by atoms with Crippen molar-refractivity contribution in [2.45, 2.75) is 26.8 Å². The fourth-order valence-corrected chi connectivity index (χ4v) is 3.53. The molecule has 4 heteroatoms. The molecule has 0 aliphatic carbocycles. The molecule has 1 aliphatic heterocycles. The van der Waals surface area contributed by atoms with E-state index in [1.807, 2.05) is 11.3 Å². The lowest BCUT2D eigenvalue weighted by atomic mass is 10.1. The third kappa shape index (κ3) is 4.56. The van der Waals surface area contributed by atoms with Gasteiger partial charge in [-0.05, 0) is 36.5 Å². The van der Waals surface area contributed by atoms with Crippen LogP contribution in [0.3, 0.4) is 0 Å². The Morgan fingerprint density at radius 1 is 1.32 bits per heavy atom. The number of likely N-dealkylation sites (N-methyl/N-ethyl adjacent to an activating group) is 1. The first-order valence-corrected chi connectivity index (χ1v) is 8.42. The molecule has 0 fully saturated rings. The Morgan fingerprint density at radius 3 is 2.95 bits per heavy atom. The van der Waals surface area contributed by atoms with Gasteiger partial charge < -0.3 is 10.2 Å². The van der Waals surface area contributed by atoms with Gasteiger partial charge in [0.15, 0.2) is 0 Å². The highest BCUT2D eigenvalue weighted by atomic mass is 32.1. The molecule has 108 valence electrons. The lowest BCUT2D eigenvalue weighted by Crippen LogP contribution is -2.38. The fraction of sp³-hybridized carbons (Fsp3) is 0.733. The van der Waals surface area contributed by atoms with E-state index in [9.17, 15) is 0 Å². The van der Waals surface area contributed by atoms with Gasteiger partial charge in [0, 0.05) is 44.1 Å². The van der Waals surface area contributed by atoms with Gasteiger partial charge in [0.05, 0.1) is 0 Å². The predicted octanol–water partition coefficient (Wildman–Crippen LogP) is 2.04. The Labute approximate surface area is 121 Å². The lowest BCUT2D eigenvalue weighted by Gasteiger charge is -2.27. The summed E-state index contributed by atoms with van der Waals surface area (Å²) in [5, 5.41) is 5.80. The first-order valence-electron chi connectivity index (χ1n) is 7.54. The number of nitrogens with zero attached hydrogens (tertiary/aromatic N) is 2. The number of thiophene rings is 1. The summed E-state index contributed by atoms with van der Waals surface area (Å²) in [5.74, 6) is 0. The maximum absolute atomic E-state index is 3.57. The van der Waals surface area contributed by atoms with E-state index in [1.165, 1.54) is 26.1 Å². The smallest absolute Gasteiger partial charge is 0.0245 e. The van der Waals surface area contributed by atoms with Gasteiger partial charge in [-0.3, -0.25) is 4.90 Å². The van der Waals surface area contributed by atoms with Crippen molar-refractivity contribution >= 4 is 11.3 Å². The fourth-order valence-electron chi connectivity index (χ4n) is 2.64. The Kier molecular flexibility index (Phi) is 6.31. The quantitative estimate of drug-likeness (QED) is 0.736. The molecule has 0 radical (unpaired) electrons. The minimum absolute atomic E-state index is 1.11. The number of hydrogen-bond acceptors (Lipinski definition) is 4. The van der Waals surface area contributed by atoms with Gasteiger partial charge in [-0.15, -0.1) is 11.3 Å². The van der Waals surface area contributed by atoms with E-state index in [0.717, 1.165) is 32.7 Å². The number of rotatable bonds is 8. The van der Waals surface area contributed by atoms with Crippen LogP contribution in [-0.4, -0.2) is 55.6 Å². The molecule has 0 atom stereocenters. The van der Waals surface area contributed by atoms with E-state index in [-0.39, 0.29) is 0 Å². The van der Waals surface area contributed by atoms with Crippen molar-refractivity contribution in [2.24, 2.45) is 0 Å². The molecule has 2 heterocycles. The highest BCUT2D eigenvalue weighted by Crippen LogP contribution is 2.23. The van der Waals surface area contributed by atoms with Gasteiger partial charge in [0.25, 0.3) is 0 Å². The van der Waals surface area contributed by atoms with Crippen molar-refractivity contribution in [3.63, 3.8) is 0 Å². The van der Waals surface area contributed by atoms with Gasteiger partial charge in [-0.2, -0.15) is 0 Å². The van der Waals surface area contributed by atoms with Crippen LogP contribution in [0, 0.1) is 0 Å². The lowest BCUT2D eigenvalue weighted by molar-refractivity contribution is 0.251. The number of nitrogens with one attached hydrogen (secondary N) is 1. The van der Waals surface area contributed by atoms with Crippen LogP contribution in [0.5, 0.6) is 0 Å². The van der Waals surface area contributed by atoms with E-state index in [0.29, 0.717) is 0 Å². The monoisotopic (exact) mass is 281 g/mol. The van der Waals surface area contributed by atoms with Crippen molar-refractivity contribution < 1.29 is 0 Å². The Balaban J connectivity index is 1.57. The molecule has 0 spiro atoms. The van der Waals surface area contributed by atoms with Crippen LogP contribution in [0.25, 0.3) is 0 Å². The normalized spacial score (nSPS) is 15.9. The summed E-state index contributed by atoms with van der Waals surface area (Å²) < 4.78 is 0. The van der Waals surface area contributed by atoms with E-state index < -0.39 is 0 Å². The topological polar surface area (TPSA) is 18.5 Å². The Morgan fingerprint density at radius 2 is 2.16 bits per heavy atom. The molecule has 1 aromatic heterocycles. The Bertz CT molecular complexity index is 360. The molecule has 2 rings (SSSR count). The Hall–Kier alpha value is -0.420. The van der Waals surface area contributed by atoms with E-state index >= 15 is 0 Å². The van der Waals surface area contributed by atoms with Crippen molar-refractivity contribution in [2.75, 3.05) is 45.8 Å². The molecule has 19 heavy (non-hydrogen) atoms. The van der Waals surface area contributed by atoms with Crippen LogP contribution in [-0.2, 0) is 13.0 Å². The van der Waals surface area contributed by atoms with Gasteiger partial charge in [0.1, 0.15) is 0 Å². The molecule has 0 saturated carbocycles. The van der Waals surface area contributed by atoms with E-state index in [2.05, 4.69) is 40.4 Å². The second-order valence-electron chi connectivity index (χ2n) is 5.17. The zero-order valence-corrected chi connectivity index (χ0v) is 13.1. The summed E-state index contributed by atoms with van der Waals surface area (Å²) in [5.41, 5.74) is 1.55. The molecule has 0 bridgehead atoms. The summed E-state index contributed by atoms with van der Waals surface area (Å²) >= 11 is 1.92. The van der Waals surface area contributed by atoms with Crippen molar-refractivity contribution in [1.82, 2.24) is 15.1 Å². The molecule has 1 aliphatic rings. The molecular formula is C15H27N3S. The highest BCUT2D eigenvalue weighted by Gasteiger charge is 2.16. The average Bonchev–Trinajstić information content (AvgIpc) is 2.90. The summed E-state index contributed by atoms with van der Waals surface area (Å²) in [7, 11) is 0. The number of fused-ring (bicyclic) bond motifs is 1. The zero-order chi connectivity index (χ0) is 13.5. The van der Waals surface area contributed by atoms with Crippen LogP contribution in [0.1, 0.15) is 24.3 Å². The maximum atomic E-state index is 3.57. The van der Waals surface area contributed by atoms with Gasteiger partial charge in [-0.25, -0.2) is 0 Å². The van der Waals surface area contributed by atoms with Crippen LogP contribution >= 0.6 is 11.3 Å². The van der Waals surface area contributed by atoms with Gasteiger partial charge >= 0.3 is 0 Å². The number of hydrogen-bond donors (Lipinski definition) is 1. The minimum Gasteiger partial charge on any atom is -0.314 e. The minimum atomic E-state index is 1.11. The maximum Gasteiger partial charge on any atom is 0.0245 e. The summed E-state index contributed by atoms with van der Waals surface area (Å²) in [6, 6.07) is 2.29. The van der Waals surface area contributed by atoms with Crippen LogP contribution in [0.15, 0.2) is 11.4 Å². The molecule has 0 aromatic carbocycles. The first-order chi connectivity index (χ1) is 9.33. The van der Waals surface area contributed by atoms with Crippen LogP contribution in [0.4, 0.5) is 0 Å². The largest absolute Gasteiger partial charge is 0.314 e. The molecule has 1 N–H and O–H groups in total. The van der Waals surface area contributed by atoms with Crippen LogP contribution < -0.4 is 5.32 Å². The van der Waals surface area contributed by atoms with Gasteiger partial charge in [0.2, 0.25) is 0 Å². The van der Waals surface area contributed by atoms with E-state index in [4.69, 9.17) is 0 Å². The first kappa shape index (κ1) is 15.0. The standard InChI is InChI=1S/C15H27N3S/c1-3-17(4-2)10-7-16-8-11-18-9-5-15-14(13-18)6-12-19-15/h6,12,16H,3-5,7-11,13H2,1-2H3. The second-order valence-corrected chi connectivity index (χ2v) is 6.17. The van der Waals surface area contributed by atoms with Crippen molar-refractivity contribution in [3.8, 4) is 0 Å². The molecule has 0 unspecified atom stereocenters. The summed E-state index contributed by atoms with van der Waals surface area (Å²) in [6.07, 6.45) is 1.24. The zero-order valence-electron chi connectivity index (χ0n) is 12.3. The molecule has 0 saturated heterocycles. The average molecular weight is 281 g/mol. The summed E-state index contributed by atoms with van der Waals surface area (Å²) in [4.78, 5) is 6.64. The van der Waals surface area contributed by atoms with Gasteiger partial charge in [-0.1, -0.05) is 13.8 Å². The third-order valence-electron chi connectivity index (χ3n) is 3.99. The van der Waals surface area contributed by atoms with Crippen LogP contribution in [0.2, 0.25) is 0 Å². The predicted molar refractivity (Wildman–Crippen MR) is 84.0 cm³/mol. The molecular weight excluding hydrogens is 254 g/mol. The van der Waals surface area contributed by atoms with E-state index in [1.54, 1.807) is 10.4 Å². The SMILES string of the molecule is CCN(CC)CCNCCN1CCc2sccc2C1. The molecule has 1 aromatic rings.